The summed E-state index contributed by atoms with van der Waals surface area (Å²) in [5.74, 6) is 0. The molecule has 0 aliphatic carbocycles. The zero-order valence-electron chi connectivity index (χ0n) is 11.0. The van der Waals surface area contributed by atoms with E-state index >= 15 is 0 Å². The lowest BCUT2D eigenvalue weighted by Gasteiger charge is -2.08. The van der Waals surface area contributed by atoms with E-state index < -0.39 is 20.6 Å². The molecule has 2 rings (SSSR count). The maximum Gasteiger partial charge on any atom is 0.294 e. The Hall–Kier alpha value is -2.13. The number of nitro benzene ring substituents is 1. The highest BCUT2D eigenvalue weighted by Crippen LogP contribution is 2.30. The summed E-state index contributed by atoms with van der Waals surface area (Å²) in [4.78, 5) is 10.2. The third-order valence-corrected chi connectivity index (χ3v) is 4.59. The fourth-order valence-electron chi connectivity index (χ4n) is 1.87. The molecule has 1 aromatic carbocycles. The van der Waals surface area contributed by atoms with Crippen LogP contribution in [0.3, 0.4) is 0 Å². The minimum Gasteiger partial charge on any atom is -0.281 e. The first kappa shape index (κ1) is 15.3. The van der Waals surface area contributed by atoms with Gasteiger partial charge < -0.3 is 0 Å². The summed E-state index contributed by atoms with van der Waals surface area (Å²) in [6.07, 6.45) is 0. The van der Waals surface area contributed by atoms with E-state index in [1.807, 2.05) is 0 Å². The molecule has 0 unspecified atom stereocenters. The second-order valence-electron chi connectivity index (χ2n) is 4.29. The van der Waals surface area contributed by atoms with Crippen LogP contribution in [0.1, 0.15) is 11.4 Å². The van der Waals surface area contributed by atoms with E-state index in [4.69, 9.17) is 11.6 Å². The zero-order valence-corrected chi connectivity index (χ0v) is 12.6. The number of rotatable bonds is 4. The number of aryl methyl sites for hydroxylation is 2. The van der Waals surface area contributed by atoms with Crippen molar-refractivity contribution in [3.8, 4) is 0 Å². The van der Waals surface area contributed by atoms with Crippen molar-refractivity contribution >= 4 is 33.0 Å². The minimum atomic E-state index is -3.99. The normalized spacial score (nSPS) is 11.4. The van der Waals surface area contributed by atoms with Gasteiger partial charge in [0.25, 0.3) is 15.7 Å². The third kappa shape index (κ3) is 2.98. The average molecular weight is 331 g/mol. The molecule has 1 heterocycles. The number of H-pyrrole nitrogens is 1. The van der Waals surface area contributed by atoms with Crippen LogP contribution in [0, 0.1) is 24.0 Å². The number of benzene rings is 1. The Labute approximate surface area is 125 Å². The summed E-state index contributed by atoms with van der Waals surface area (Å²) in [5.41, 5.74) is 0.0301. The summed E-state index contributed by atoms with van der Waals surface area (Å²) in [7, 11) is -3.99. The average Bonchev–Trinajstić information content (AvgIpc) is 2.71. The number of anilines is 1. The summed E-state index contributed by atoms with van der Waals surface area (Å²) in [6.45, 7) is 3.07. The van der Waals surface area contributed by atoms with E-state index in [1.54, 1.807) is 6.92 Å². The standard InChI is InChI=1S/C11H11ClN4O4S/c1-6-11(7(2)14-13-6)21(19,20)15-9-4-3-8(12)5-10(9)16(17)18/h3-5,15H,1-2H3,(H,13,14). The van der Waals surface area contributed by atoms with Crippen molar-refractivity contribution in [1.29, 1.82) is 0 Å². The molecule has 1 aromatic heterocycles. The largest absolute Gasteiger partial charge is 0.294 e. The summed E-state index contributed by atoms with van der Waals surface area (Å²) in [6, 6.07) is 3.68. The highest BCUT2D eigenvalue weighted by molar-refractivity contribution is 7.92. The highest BCUT2D eigenvalue weighted by Gasteiger charge is 2.25. The molecule has 0 fully saturated rings. The van der Waals surface area contributed by atoms with Crippen molar-refractivity contribution in [2.24, 2.45) is 0 Å². The minimum absolute atomic E-state index is 0.0354. The van der Waals surface area contributed by atoms with Gasteiger partial charge in [-0.2, -0.15) is 5.10 Å². The van der Waals surface area contributed by atoms with Crippen LogP contribution in [0.25, 0.3) is 0 Å². The van der Waals surface area contributed by atoms with Crippen LogP contribution in [-0.4, -0.2) is 23.5 Å². The fraction of sp³-hybridized carbons (Fsp3) is 0.182. The van der Waals surface area contributed by atoms with Gasteiger partial charge in [0.15, 0.2) is 0 Å². The number of nitrogens with zero attached hydrogens (tertiary/aromatic N) is 2. The Kier molecular flexibility index (Phi) is 3.88. The van der Waals surface area contributed by atoms with Gasteiger partial charge in [-0.1, -0.05) is 11.6 Å². The molecular weight excluding hydrogens is 320 g/mol. The third-order valence-electron chi connectivity index (χ3n) is 2.73. The van der Waals surface area contributed by atoms with Gasteiger partial charge in [0.1, 0.15) is 10.6 Å². The van der Waals surface area contributed by atoms with E-state index in [1.165, 1.54) is 19.1 Å². The first-order chi connectivity index (χ1) is 9.72. The van der Waals surface area contributed by atoms with Gasteiger partial charge in [0.2, 0.25) is 0 Å². The van der Waals surface area contributed by atoms with E-state index in [2.05, 4.69) is 14.9 Å². The molecule has 0 saturated heterocycles. The molecule has 21 heavy (non-hydrogen) atoms. The number of sulfonamides is 1. The molecule has 0 aliphatic rings. The summed E-state index contributed by atoms with van der Waals surface area (Å²) in [5, 5.41) is 17.5. The number of hydrogen-bond acceptors (Lipinski definition) is 5. The van der Waals surface area contributed by atoms with Crippen molar-refractivity contribution in [3.05, 3.63) is 44.7 Å². The Balaban J connectivity index is 2.50. The summed E-state index contributed by atoms with van der Waals surface area (Å²) >= 11 is 5.69. The monoisotopic (exact) mass is 330 g/mol. The topological polar surface area (TPSA) is 118 Å². The second-order valence-corrected chi connectivity index (χ2v) is 6.34. The van der Waals surface area contributed by atoms with Crippen molar-refractivity contribution < 1.29 is 13.3 Å². The van der Waals surface area contributed by atoms with Gasteiger partial charge in [-0.15, -0.1) is 0 Å². The molecule has 0 aliphatic heterocycles. The number of nitro groups is 1. The zero-order chi connectivity index (χ0) is 15.8. The molecular formula is C11H11ClN4O4S. The van der Waals surface area contributed by atoms with Gasteiger partial charge in [-0.05, 0) is 26.0 Å². The Morgan fingerprint density at radius 2 is 2.05 bits per heavy atom. The van der Waals surface area contributed by atoms with E-state index in [9.17, 15) is 18.5 Å². The van der Waals surface area contributed by atoms with Gasteiger partial charge in [0.05, 0.1) is 16.3 Å². The first-order valence-electron chi connectivity index (χ1n) is 5.70. The van der Waals surface area contributed by atoms with Gasteiger partial charge in [-0.3, -0.25) is 19.9 Å². The maximum absolute atomic E-state index is 12.3. The van der Waals surface area contributed by atoms with Crippen molar-refractivity contribution in [3.63, 3.8) is 0 Å². The molecule has 0 bridgehead atoms. The molecule has 2 N–H and O–H groups in total. The number of nitrogens with one attached hydrogen (secondary N) is 2. The van der Waals surface area contributed by atoms with Crippen molar-refractivity contribution in [2.45, 2.75) is 18.7 Å². The molecule has 0 radical (unpaired) electrons. The number of hydrogen-bond donors (Lipinski definition) is 2. The molecule has 0 spiro atoms. The van der Waals surface area contributed by atoms with Crippen LogP contribution < -0.4 is 4.72 Å². The van der Waals surface area contributed by atoms with Crippen molar-refractivity contribution in [2.75, 3.05) is 4.72 Å². The highest BCUT2D eigenvalue weighted by atomic mass is 35.5. The van der Waals surface area contributed by atoms with Gasteiger partial charge >= 0.3 is 0 Å². The SMILES string of the molecule is Cc1n[nH]c(C)c1S(=O)(=O)Nc1ccc(Cl)cc1[N+](=O)[O-]. The van der Waals surface area contributed by atoms with E-state index in [0.29, 0.717) is 5.69 Å². The predicted octanol–water partition coefficient (Wildman–Crippen LogP) is 2.39. The Bertz CT molecular complexity index is 796. The van der Waals surface area contributed by atoms with Crippen LogP contribution in [-0.2, 0) is 10.0 Å². The molecule has 0 atom stereocenters. The van der Waals surface area contributed by atoms with Gasteiger partial charge in [0, 0.05) is 11.1 Å². The molecule has 8 nitrogen and oxygen atoms in total. The first-order valence-corrected chi connectivity index (χ1v) is 7.57. The number of aromatic amines is 1. The van der Waals surface area contributed by atoms with Crippen LogP contribution >= 0.6 is 11.6 Å². The Morgan fingerprint density at radius 3 is 2.57 bits per heavy atom. The van der Waals surface area contributed by atoms with Crippen molar-refractivity contribution in [1.82, 2.24) is 10.2 Å². The van der Waals surface area contributed by atoms with E-state index in [0.717, 1.165) is 6.07 Å². The lowest BCUT2D eigenvalue weighted by atomic mass is 10.3. The van der Waals surface area contributed by atoms with Crippen LogP contribution in [0.2, 0.25) is 5.02 Å². The fourth-order valence-corrected chi connectivity index (χ4v) is 3.49. The lowest BCUT2D eigenvalue weighted by molar-refractivity contribution is -0.383. The lowest BCUT2D eigenvalue weighted by Crippen LogP contribution is -2.15. The number of aromatic nitrogens is 2. The van der Waals surface area contributed by atoms with Crippen LogP contribution in [0.5, 0.6) is 0 Å². The Morgan fingerprint density at radius 1 is 1.38 bits per heavy atom. The van der Waals surface area contributed by atoms with Gasteiger partial charge in [-0.25, -0.2) is 8.42 Å². The smallest absolute Gasteiger partial charge is 0.281 e. The summed E-state index contributed by atoms with van der Waals surface area (Å²) < 4.78 is 26.9. The second kappa shape index (κ2) is 5.34. The van der Waals surface area contributed by atoms with E-state index in [-0.39, 0.29) is 21.3 Å². The predicted molar refractivity (Wildman–Crippen MR) is 77.0 cm³/mol. The van der Waals surface area contributed by atoms with Crippen LogP contribution in [0.15, 0.2) is 23.1 Å². The van der Waals surface area contributed by atoms with Crippen LogP contribution in [0.4, 0.5) is 11.4 Å². The molecule has 10 heteroatoms. The quantitative estimate of drug-likeness (QED) is 0.659. The molecule has 0 saturated carbocycles. The molecule has 0 amide bonds. The number of halogens is 1. The maximum atomic E-state index is 12.3. The molecule has 112 valence electrons. The molecule has 2 aromatic rings.